The Bertz CT molecular complexity index is 965. The second-order valence-corrected chi connectivity index (χ2v) is 10.6. The Kier molecular flexibility index (Phi) is 6.42. The minimum atomic E-state index is -3.56. The number of ether oxygens (including phenoxy) is 1. The molecule has 0 amide bonds. The molecule has 7 nitrogen and oxygen atoms in total. The Labute approximate surface area is 185 Å². The van der Waals surface area contributed by atoms with Gasteiger partial charge in [0.25, 0.3) is 0 Å². The van der Waals surface area contributed by atoms with Crippen molar-refractivity contribution in [2.45, 2.75) is 83.0 Å². The fourth-order valence-corrected chi connectivity index (χ4v) is 7.40. The minimum Gasteiger partial charge on any atom is -0.490 e. The molecular weight excluding hydrogens is 412 g/mol. The predicted octanol–water partition coefficient (Wildman–Crippen LogP) is 3.63. The largest absolute Gasteiger partial charge is 0.490 e. The van der Waals surface area contributed by atoms with Crippen molar-refractivity contribution in [1.82, 2.24) is 19.4 Å². The van der Waals surface area contributed by atoms with E-state index in [9.17, 15) is 8.42 Å². The third-order valence-corrected chi connectivity index (χ3v) is 9.01. The van der Waals surface area contributed by atoms with Gasteiger partial charge in [-0.15, -0.1) is 0 Å². The quantitative estimate of drug-likeness (QED) is 0.670. The van der Waals surface area contributed by atoms with E-state index in [0.29, 0.717) is 16.3 Å². The Balaban J connectivity index is 1.43. The van der Waals surface area contributed by atoms with Crippen LogP contribution in [0.5, 0.6) is 5.75 Å². The van der Waals surface area contributed by atoms with Gasteiger partial charge in [-0.1, -0.05) is 26.0 Å². The van der Waals surface area contributed by atoms with Crippen LogP contribution >= 0.6 is 0 Å². The van der Waals surface area contributed by atoms with Crippen LogP contribution in [0.25, 0.3) is 0 Å². The first-order valence-corrected chi connectivity index (χ1v) is 12.8. The van der Waals surface area contributed by atoms with Crippen molar-refractivity contribution in [3.05, 3.63) is 41.2 Å². The van der Waals surface area contributed by atoms with E-state index >= 15 is 0 Å². The van der Waals surface area contributed by atoms with Crippen LogP contribution < -0.4 is 4.74 Å². The van der Waals surface area contributed by atoms with Gasteiger partial charge in [-0.3, -0.25) is 10.00 Å². The third-order valence-electron chi connectivity index (χ3n) is 6.75. The average Bonchev–Trinajstić information content (AvgIpc) is 3.24. The number of aryl methyl sites for hydroxylation is 2. The van der Waals surface area contributed by atoms with Gasteiger partial charge >= 0.3 is 0 Å². The standard InChI is InChI=1S/C23H34N4O3S/c1-5-26(6-2)15-18-7-11-21(12-8-18)30-22-13-19-9-10-20(14-22)27(19)31(28,29)23-16(3)24-25-17(23)4/h7-8,11-12,19-20,22H,5-6,9-10,13-15H2,1-4H3,(H,24,25). The van der Waals surface area contributed by atoms with E-state index in [1.165, 1.54) is 5.56 Å². The molecule has 2 aliphatic rings. The van der Waals surface area contributed by atoms with E-state index < -0.39 is 10.0 Å². The molecule has 170 valence electrons. The zero-order valence-corrected chi connectivity index (χ0v) is 19.8. The Morgan fingerprint density at radius 2 is 1.71 bits per heavy atom. The average molecular weight is 447 g/mol. The summed E-state index contributed by atoms with van der Waals surface area (Å²) in [6.07, 6.45) is 3.29. The first kappa shape index (κ1) is 22.3. The lowest BCUT2D eigenvalue weighted by Gasteiger charge is -2.37. The molecule has 2 saturated heterocycles. The number of hydrogen-bond acceptors (Lipinski definition) is 5. The summed E-state index contributed by atoms with van der Waals surface area (Å²) in [5.41, 5.74) is 2.43. The SMILES string of the molecule is CCN(CC)Cc1ccc(OC2CC3CCC(C2)N3S(=O)(=O)c2c(C)n[nH]c2C)cc1. The van der Waals surface area contributed by atoms with Gasteiger partial charge in [-0.05, 0) is 57.5 Å². The van der Waals surface area contributed by atoms with Crippen LogP contribution in [0.15, 0.2) is 29.2 Å². The van der Waals surface area contributed by atoms with Gasteiger partial charge in [0.15, 0.2) is 0 Å². The molecule has 2 aliphatic heterocycles. The van der Waals surface area contributed by atoms with Crippen LogP contribution in [0.3, 0.4) is 0 Å². The predicted molar refractivity (Wildman–Crippen MR) is 121 cm³/mol. The highest BCUT2D eigenvalue weighted by Crippen LogP contribution is 2.41. The molecule has 2 atom stereocenters. The summed E-state index contributed by atoms with van der Waals surface area (Å²) in [4.78, 5) is 2.72. The van der Waals surface area contributed by atoms with Crippen LogP contribution in [-0.4, -0.2) is 59.1 Å². The Morgan fingerprint density at radius 3 is 2.23 bits per heavy atom. The van der Waals surface area contributed by atoms with Crippen molar-refractivity contribution >= 4 is 10.0 Å². The second-order valence-electron chi connectivity index (χ2n) is 8.80. The fourth-order valence-electron chi connectivity index (χ4n) is 5.17. The highest BCUT2D eigenvalue weighted by atomic mass is 32.2. The number of fused-ring (bicyclic) bond motifs is 2. The van der Waals surface area contributed by atoms with E-state index in [1.807, 2.05) is 12.1 Å². The van der Waals surface area contributed by atoms with Crippen LogP contribution in [0.1, 0.15) is 56.5 Å². The van der Waals surface area contributed by atoms with Crippen molar-refractivity contribution in [3.8, 4) is 5.75 Å². The lowest BCUT2D eigenvalue weighted by atomic mass is 10.0. The molecular formula is C23H34N4O3S. The normalized spacial score (nSPS) is 24.1. The number of nitrogens with zero attached hydrogens (tertiary/aromatic N) is 3. The second kappa shape index (κ2) is 8.92. The van der Waals surface area contributed by atoms with Crippen LogP contribution in [0, 0.1) is 13.8 Å². The molecule has 0 aliphatic carbocycles. The van der Waals surface area contributed by atoms with E-state index in [0.717, 1.165) is 51.1 Å². The van der Waals surface area contributed by atoms with Gasteiger partial charge in [-0.25, -0.2) is 8.42 Å². The Morgan fingerprint density at radius 1 is 1.10 bits per heavy atom. The zero-order valence-electron chi connectivity index (χ0n) is 19.0. The number of aromatic nitrogens is 2. The molecule has 0 saturated carbocycles. The number of benzene rings is 1. The maximum Gasteiger partial charge on any atom is 0.247 e. The van der Waals surface area contributed by atoms with Gasteiger partial charge < -0.3 is 4.74 Å². The maximum atomic E-state index is 13.4. The molecule has 2 aromatic rings. The zero-order chi connectivity index (χ0) is 22.2. The molecule has 0 spiro atoms. The molecule has 2 bridgehead atoms. The van der Waals surface area contributed by atoms with Crippen molar-refractivity contribution in [2.24, 2.45) is 0 Å². The first-order valence-electron chi connectivity index (χ1n) is 11.4. The van der Waals surface area contributed by atoms with Gasteiger partial charge in [0, 0.05) is 31.5 Å². The molecule has 1 N–H and O–H groups in total. The summed E-state index contributed by atoms with van der Waals surface area (Å²) >= 11 is 0. The molecule has 0 radical (unpaired) electrons. The maximum absolute atomic E-state index is 13.4. The Hall–Kier alpha value is -1.90. The number of hydrogen-bond donors (Lipinski definition) is 1. The molecule has 3 heterocycles. The number of H-pyrrole nitrogens is 1. The van der Waals surface area contributed by atoms with E-state index in [4.69, 9.17) is 4.74 Å². The molecule has 2 fully saturated rings. The topological polar surface area (TPSA) is 78.5 Å². The molecule has 31 heavy (non-hydrogen) atoms. The van der Waals surface area contributed by atoms with Crippen molar-refractivity contribution < 1.29 is 13.2 Å². The van der Waals surface area contributed by atoms with Gasteiger partial charge in [0.1, 0.15) is 16.7 Å². The number of piperidine rings is 1. The first-order chi connectivity index (χ1) is 14.8. The van der Waals surface area contributed by atoms with Gasteiger partial charge in [0.05, 0.1) is 11.4 Å². The van der Waals surface area contributed by atoms with Crippen LogP contribution in [0.4, 0.5) is 0 Å². The summed E-state index contributed by atoms with van der Waals surface area (Å²) < 4.78 is 34.9. The molecule has 2 unspecified atom stereocenters. The molecule has 1 aromatic carbocycles. The van der Waals surface area contributed by atoms with E-state index in [2.05, 4.69) is 41.1 Å². The van der Waals surface area contributed by atoms with Crippen LogP contribution in [-0.2, 0) is 16.6 Å². The molecule has 8 heteroatoms. The van der Waals surface area contributed by atoms with E-state index in [-0.39, 0.29) is 18.2 Å². The fraction of sp³-hybridized carbons (Fsp3) is 0.609. The monoisotopic (exact) mass is 446 g/mol. The summed E-state index contributed by atoms with van der Waals surface area (Å²) in [5.74, 6) is 0.866. The highest BCUT2D eigenvalue weighted by Gasteiger charge is 2.48. The number of rotatable bonds is 8. The van der Waals surface area contributed by atoms with Crippen molar-refractivity contribution in [3.63, 3.8) is 0 Å². The van der Waals surface area contributed by atoms with E-state index in [1.54, 1.807) is 18.2 Å². The lowest BCUT2D eigenvalue weighted by molar-refractivity contribution is 0.0956. The lowest BCUT2D eigenvalue weighted by Crippen LogP contribution is -2.49. The number of aromatic amines is 1. The van der Waals surface area contributed by atoms with Crippen molar-refractivity contribution in [1.29, 1.82) is 0 Å². The summed E-state index contributed by atoms with van der Waals surface area (Å²) in [6.45, 7) is 10.9. The highest BCUT2D eigenvalue weighted by molar-refractivity contribution is 7.89. The minimum absolute atomic E-state index is 0.00982. The third kappa shape index (κ3) is 4.38. The number of sulfonamides is 1. The summed E-state index contributed by atoms with van der Waals surface area (Å²) in [6, 6.07) is 8.33. The smallest absolute Gasteiger partial charge is 0.247 e. The van der Waals surface area contributed by atoms with Gasteiger partial charge in [-0.2, -0.15) is 9.40 Å². The number of nitrogens with one attached hydrogen (secondary N) is 1. The molecule has 1 aromatic heterocycles. The molecule has 4 rings (SSSR count). The van der Waals surface area contributed by atoms with Crippen LogP contribution in [0.2, 0.25) is 0 Å². The van der Waals surface area contributed by atoms with Gasteiger partial charge in [0.2, 0.25) is 10.0 Å². The summed E-state index contributed by atoms with van der Waals surface area (Å²) in [5, 5.41) is 6.91. The summed E-state index contributed by atoms with van der Waals surface area (Å²) in [7, 11) is -3.56. The van der Waals surface area contributed by atoms with Crippen molar-refractivity contribution in [2.75, 3.05) is 13.1 Å².